The topological polar surface area (TPSA) is 107 Å². The highest BCUT2D eigenvalue weighted by molar-refractivity contribution is 5.86. The van der Waals surface area contributed by atoms with Crippen molar-refractivity contribution in [3.8, 4) is 5.75 Å². The standard InChI is InChI=1S/C16H23N3O3/c17-14(20)11-22-13-6-4-5-12(9-13)10-19-15(21)16(18)7-2-1-3-8-16/h4-6,9H,1-3,7-8,10-11,18H2,(H2,17,20)(H,19,21). The molecule has 1 aliphatic carbocycles. The maximum absolute atomic E-state index is 12.3. The van der Waals surface area contributed by atoms with Crippen LogP contribution in [0, 0.1) is 0 Å². The molecule has 1 fully saturated rings. The number of benzene rings is 1. The summed E-state index contributed by atoms with van der Waals surface area (Å²) >= 11 is 0. The van der Waals surface area contributed by atoms with Crippen LogP contribution in [0.3, 0.4) is 0 Å². The van der Waals surface area contributed by atoms with Crippen LogP contribution >= 0.6 is 0 Å². The van der Waals surface area contributed by atoms with Crippen LogP contribution in [0.2, 0.25) is 0 Å². The van der Waals surface area contributed by atoms with Crippen molar-refractivity contribution in [3.63, 3.8) is 0 Å². The third-order valence-corrected chi connectivity index (χ3v) is 3.93. The molecule has 6 heteroatoms. The van der Waals surface area contributed by atoms with Crippen LogP contribution in [0.15, 0.2) is 24.3 Å². The lowest BCUT2D eigenvalue weighted by Crippen LogP contribution is -2.54. The van der Waals surface area contributed by atoms with Crippen molar-refractivity contribution in [2.75, 3.05) is 6.61 Å². The van der Waals surface area contributed by atoms with Gasteiger partial charge < -0.3 is 21.5 Å². The molecular formula is C16H23N3O3. The third-order valence-electron chi connectivity index (χ3n) is 3.93. The number of nitrogens with two attached hydrogens (primary N) is 2. The van der Waals surface area contributed by atoms with E-state index in [2.05, 4.69) is 5.32 Å². The fourth-order valence-corrected chi connectivity index (χ4v) is 2.67. The molecule has 1 aliphatic rings. The first kappa shape index (κ1) is 16.3. The molecule has 1 aromatic carbocycles. The number of ether oxygens (including phenoxy) is 1. The fourth-order valence-electron chi connectivity index (χ4n) is 2.67. The number of nitrogens with one attached hydrogen (secondary N) is 1. The van der Waals surface area contributed by atoms with Gasteiger partial charge in [0.15, 0.2) is 6.61 Å². The van der Waals surface area contributed by atoms with E-state index in [9.17, 15) is 9.59 Å². The highest BCUT2D eigenvalue weighted by Gasteiger charge is 2.34. The number of hydrogen-bond acceptors (Lipinski definition) is 4. The molecule has 0 aliphatic heterocycles. The lowest BCUT2D eigenvalue weighted by Gasteiger charge is -2.31. The second-order valence-corrected chi connectivity index (χ2v) is 5.80. The lowest BCUT2D eigenvalue weighted by molar-refractivity contribution is -0.127. The highest BCUT2D eigenvalue weighted by Crippen LogP contribution is 2.26. The Hall–Kier alpha value is -2.08. The molecule has 6 nitrogen and oxygen atoms in total. The van der Waals surface area contributed by atoms with E-state index in [4.69, 9.17) is 16.2 Å². The summed E-state index contributed by atoms with van der Waals surface area (Å²) in [6, 6.07) is 7.19. The second kappa shape index (κ2) is 7.26. The quantitative estimate of drug-likeness (QED) is 0.723. The summed E-state index contributed by atoms with van der Waals surface area (Å²) in [5.74, 6) is -0.0811. The molecular weight excluding hydrogens is 282 g/mol. The molecule has 2 rings (SSSR count). The van der Waals surface area contributed by atoms with Crippen molar-refractivity contribution in [2.24, 2.45) is 11.5 Å². The first-order valence-electron chi connectivity index (χ1n) is 7.57. The zero-order valence-electron chi connectivity index (χ0n) is 12.6. The molecule has 0 aromatic heterocycles. The van der Waals surface area contributed by atoms with Crippen molar-refractivity contribution in [1.82, 2.24) is 5.32 Å². The van der Waals surface area contributed by atoms with Crippen LogP contribution in [0.1, 0.15) is 37.7 Å². The highest BCUT2D eigenvalue weighted by atomic mass is 16.5. The Balaban J connectivity index is 1.89. The predicted molar refractivity (Wildman–Crippen MR) is 83.0 cm³/mol. The average molecular weight is 305 g/mol. The van der Waals surface area contributed by atoms with Crippen molar-refractivity contribution >= 4 is 11.8 Å². The molecule has 0 unspecified atom stereocenters. The van der Waals surface area contributed by atoms with Crippen LogP contribution in [-0.4, -0.2) is 24.0 Å². The molecule has 0 radical (unpaired) electrons. The Morgan fingerprint density at radius 2 is 1.95 bits per heavy atom. The van der Waals surface area contributed by atoms with Gasteiger partial charge in [-0.1, -0.05) is 31.4 Å². The summed E-state index contributed by atoms with van der Waals surface area (Å²) in [6.45, 7) is 0.216. The van der Waals surface area contributed by atoms with Crippen LogP contribution in [0.4, 0.5) is 0 Å². The van der Waals surface area contributed by atoms with Crippen LogP contribution in [0.25, 0.3) is 0 Å². The van der Waals surface area contributed by atoms with Crippen LogP contribution in [-0.2, 0) is 16.1 Å². The largest absolute Gasteiger partial charge is 0.484 e. The summed E-state index contributed by atoms with van der Waals surface area (Å²) in [6.07, 6.45) is 4.62. The van der Waals surface area contributed by atoms with Gasteiger partial charge in [0.1, 0.15) is 5.75 Å². The van der Waals surface area contributed by atoms with Gasteiger partial charge >= 0.3 is 0 Å². The predicted octanol–water partition coefficient (Wildman–Crippen LogP) is 0.828. The zero-order valence-corrected chi connectivity index (χ0v) is 12.6. The molecule has 0 saturated heterocycles. The van der Waals surface area contributed by atoms with E-state index >= 15 is 0 Å². The number of rotatable bonds is 6. The Morgan fingerprint density at radius 1 is 1.23 bits per heavy atom. The summed E-state index contributed by atoms with van der Waals surface area (Å²) in [5.41, 5.74) is 11.4. The van der Waals surface area contributed by atoms with Crippen LogP contribution in [0.5, 0.6) is 5.75 Å². The fraction of sp³-hybridized carbons (Fsp3) is 0.500. The van der Waals surface area contributed by atoms with Gasteiger partial charge in [-0.05, 0) is 30.5 Å². The molecule has 120 valence electrons. The molecule has 1 aromatic rings. The smallest absolute Gasteiger partial charge is 0.255 e. The molecule has 2 amide bonds. The number of carbonyl (C=O) groups excluding carboxylic acids is 2. The summed E-state index contributed by atoms with van der Waals surface area (Å²) < 4.78 is 5.24. The summed E-state index contributed by atoms with van der Waals surface area (Å²) in [4.78, 5) is 23.0. The minimum atomic E-state index is -0.738. The number of primary amides is 1. The lowest BCUT2D eigenvalue weighted by atomic mass is 9.82. The van der Waals surface area contributed by atoms with Gasteiger partial charge in [0.2, 0.25) is 5.91 Å². The summed E-state index contributed by atoms with van der Waals surface area (Å²) in [7, 11) is 0. The van der Waals surface area contributed by atoms with Crippen LogP contribution < -0.4 is 21.5 Å². The van der Waals surface area contributed by atoms with Gasteiger partial charge in [-0.15, -0.1) is 0 Å². The normalized spacial score (nSPS) is 16.8. The van der Waals surface area contributed by atoms with E-state index in [0.717, 1.165) is 37.7 Å². The van der Waals surface area contributed by atoms with E-state index in [0.29, 0.717) is 12.3 Å². The van der Waals surface area contributed by atoms with Crippen molar-refractivity contribution in [3.05, 3.63) is 29.8 Å². The van der Waals surface area contributed by atoms with E-state index in [1.54, 1.807) is 18.2 Å². The second-order valence-electron chi connectivity index (χ2n) is 5.80. The number of carbonyl (C=O) groups is 2. The number of amides is 2. The van der Waals surface area contributed by atoms with Gasteiger partial charge in [-0.25, -0.2) is 0 Å². The van der Waals surface area contributed by atoms with E-state index in [-0.39, 0.29) is 12.5 Å². The van der Waals surface area contributed by atoms with Gasteiger partial charge in [-0.2, -0.15) is 0 Å². The minimum Gasteiger partial charge on any atom is -0.484 e. The monoisotopic (exact) mass is 305 g/mol. The van der Waals surface area contributed by atoms with Gasteiger partial charge in [-0.3, -0.25) is 9.59 Å². The Labute approximate surface area is 130 Å². The molecule has 0 bridgehead atoms. The molecule has 1 saturated carbocycles. The maximum Gasteiger partial charge on any atom is 0.255 e. The molecule has 0 spiro atoms. The zero-order chi connectivity index (χ0) is 16.0. The first-order chi connectivity index (χ1) is 10.5. The molecule has 0 atom stereocenters. The van der Waals surface area contributed by atoms with E-state index in [1.165, 1.54) is 0 Å². The molecule has 0 heterocycles. The average Bonchev–Trinajstić information content (AvgIpc) is 2.51. The first-order valence-corrected chi connectivity index (χ1v) is 7.57. The van der Waals surface area contributed by atoms with Crippen molar-refractivity contribution in [2.45, 2.75) is 44.2 Å². The molecule has 22 heavy (non-hydrogen) atoms. The number of hydrogen-bond donors (Lipinski definition) is 3. The molecule has 5 N–H and O–H groups in total. The minimum absolute atomic E-state index is 0.101. The third kappa shape index (κ3) is 4.46. The van der Waals surface area contributed by atoms with Crippen molar-refractivity contribution in [1.29, 1.82) is 0 Å². The van der Waals surface area contributed by atoms with Gasteiger partial charge in [0, 0.05) is 6.54 Å². The van der Waals surface area contributed by atoms with E-state index < -0.39 is 11.4 Å². The summed E-state index contributed by atoms with van der Waals surface area (Å²) in [5, 5.41) is 2.89. The Kier molecular flexibility index (Phi) is 5.38. The Bertz CT molecular complexity index is 539. The maximum atomic E-state index is 12.3. The van der Waals surface area contributed by atoms with E-state index in [1.807, 2.05) is 6.07 Å². The van der Waals surface area contributed by atoms with Gasteiger partial charge in [0.05, 0.1) is 5.54 Å². The van der Waals surface area contributed by atoms with Crippen molar-refractivity contribution < 1.29 is 14.3 Å². The SMILES string of the molecule is NC(=O)COc1cccc(CNC(=O)C2(N)CCCCC2)c1. The Morgan fingerprint density at radius 3 is 2.64 bits per heavy atom. The van der Waals surface area contributed by atoms with Gasteiger partial charge in [0.25, 0.3) is 5.91 Å².